The summed E-state index contributed by atoms with van der Waals surface area (Å²) in [5, 5.41) is 13.0. The minimum Gasteiger partial charge on any atom is -0.504 e. The lowest BCUT2D eigenvalue weighted by Crippen LogP contribution is -2.43. The quantitative estimate of drug-likeness (QED) is 0.749. The van der Waals surface area contributed by atoms with Crippen molar-refractivity contribution in [2.45, 2.75) is 26.2 Å². The number of piperazine rings is 1. The van der Waals surface area contributed by atoms with Crippen LogP contribution >= 0.6 is 0 Å². The molecule has 20 heavy (non-hydrogen) atoms. The van der Waals surface area contributed by atoms with Gasteiger partial charge in [0, 0.05) is 26.2 Å². The Bertz CT molecular complexity index is 403. The molecule has 4 heteroatoms. The van der Waals surface area contributed by atoms with E-state index in [9.17, 15) is 5.11 Å². The van der Waals surface area contributed by atoms with Crippen LogP contribution < -0.4 is 10.1 Å². The van der Waals surface area contributed by atoms with Crippen LogP contribution in [0.3, 0.4) is 0 Å². The molecule has 0 bridgehead atoms. The standard InChI is InChI=1S/C16H26N2O2/c1-2-20-16-13-14(6-7-15(16)19)5-3-4-10-18-11-8-17-9-12-18/h6-7,13,17,19H,2-5,8-12H2,1H3. The number of phenols is 1. The molecule has 0 unspecified atom stereocenters. The highest BCUT2D eigenvalue weighted by atomic mass is 16.5. The molecular formula is C16H26N2O2. The van der Waals surface area contributed by atoms with Gasteiger partial charge in [-0.3, -0.25) is 0 Å². The maximum absolute atomic E-state index is 9.67. The number of aryl methyl sites for hydroxylation is 1. The van der Waals surface area contributed by atoms with E-state index in [4.69, 9.17) is 4.74 Å². The molecular weight excluding hydrogens is 252 g/mol. The van der Waals surface area contributed by atoms with Crippen LogP contribution in [0.4, 0.5) is 0 Å². The van der Waals surface area contributed by atoms with Gasteiger partial charge in [0.05, 0.1) is 6.61 Å². The highest BCUT2D eigenvalue weighted by Gasteiger charge is 2.08. The average Bonchev–Trinajstić information content (AvgIpc) is 2.48. The van der Waals surface area contributed by atoms with Gasteiger partial charge in [0.25, 0.3) is 0 Å². The van der Waals surface area contributed by atoms with Crippen molar-refractivity contribution < 1.29 is 9.84 Å². The molecule has 0 aromatic heterocycles. The number of ether oxygens (including phenoxy) is 1. The summed E-state index contributed by atoms with van der Waals surface area (Å²) in [6.07, 6.45) is 3.46. The fourth-order valence-corrected chi connectivity index (χ4v) is 2.58. The molecule has 112 valence electrons. The van der Waals surface area contributed by atoms with Crippen molar-refractivity contribution in [2.24, 2.45) is 0 Å². The maximum atomic E-state index is 9.67. The Morgan fingerprint density at radius 3 is 2.80 bits per heavy atom. The minimum absolute atomic E-state index is 0.233. The normalized spacial score (nSPS) is 16.2. The van der Waals surface area contributed by atoms with Crippen molar-refractivity contribution in [3.63, 3.8) is 0 Å². The number of nitrogens with zero attached hydrogens (tertiary/aromatic N) is 1. The highest BCUT2D eigenvalue weighted by molar-refractivity contribution is 5.41. The van der Waals surface area contributed by atoms with Crippen LogP contribution in [-0.4, -0.2) is 49.3 Å². The number of phenolic OH excluding ortho intramolecular Hbond substituents is 1. The molecule has 1 aromatic rings. The van der Waals surface area contributed by atoms with E-state index in [1.807, 2.05) is 19.1 Å². The third kappa shape index (κ3) is 4.69. The van der Waals surface area contributed by atoms with Gasteiger partial charge in [-0.1, -0.05) is 6.07 Å². The van der Waals surface area contributed by atoms with Crippen LogP contribution in [0.1, 0.15) is 25.3 Å². The maximum Gasteiger partial charge on any atom is 0.161 e. The largest absolute Gasteiger partial charge is 0.504 e. The molecule has 0 aliphatic carbocycles. The Morgan fingerprint density at radius 1 is 1.25 bits per heavy atom. The third-order valence-electron chi connectivity index (χ3n) is 3.72. The Labute approximate surface area is 121 Å². The summed E-state index contributed by atoms with van der Waals surface area (Å²) in [4.78, 5) is 2.53. The summed E-state index contributed by atoms with van der Waals surface area (Å²) in [5.41, 5.74) is 1.24. The van der Waals surface area contributed by atoms with E-state index >= 15 is 0 Å². The summed E-state index contributed by atoms with van der Waals surface area (Å²) < 4.78 is 5.41. The van der Waals surface area contributed by atoms with Gasteiger partial charge < -0.3 is 20.1 Å². The first-order valence-electron chi connectivity index (χ1n) is 7.67. The average molecular weight is 278 g/mol. The zero-order chi connectivity index (χ0) is 14.2. The van der Waals surface area contributed by atoms with Crippen molar-refractivity contribution in [1.82, 2.24) is 10.2 Å². The van der Waals surface area contributed by atoms with Gasteiger partial charge in [0.1, 0.15) is 0 Å². The van der Waals surface area contributed by atoms with Crippen LogP contribution in [0.2, 0.25) is 0 Å². The van der Waals surface area contributed by atoms with E-state index in [0.29, 0.717) is 12.4 Å². The van der Waals surface area contributed by atoms with Gasteiger partial charge in [-0.25, -0.2) is 0 Å². The second-order valence-corrected chi connectivity index (χ2v) is 5.28. The van der Waals surface area contributed by atoms with E-state index in [1.165, 1.54) is 38.0 Å². The van der Waals surface area contributed by atoms with Gasteiger partial charge in [-0.15, -0.1) is 0 Å². The molecule has 0 atom stereocenters. The number of hydrogen-bond acceptors (Lipinski definition) is 4. The van der Waals surface area contributed by atoms with Crippen LogP contribution in [0, 0.1) is 0 Å². The van der Waals surface area contributed by atoms with Gasteiger partial charge in [-0.2, -0.15) is 0 Å². The molecule has 0 amide bonds. The number of benzene rings is 1. The fraction of sp³-hybridized carbons (Fsp3) is 0.625. The first-order chi connectivity index (χ1) is 9.79. The van der Waals surface area contributed by atoms with Crippen molar-refractivity contribution in [2.75, 3.05) is 39.3 Å². The number of aromatic hydroxyl groups is 1. The van der Waals surface area contributed by atoms with Crippen molar-refractivity contribution >= 4 is 0 Å². The molecule has 1 aromatic carbocycles. The highest BCUT2D eigenvalue weighted by Crippen LogP contribution is 2.27. The van der Waals surface area contributed by atoms with Gasteiger partial charge in [0.2, 0.25) is 0 Å². The number of unbranched alkanes of at least 4 members (excludes halogenated alkanes) is 1. The smallest absolute Gasteiger partial charge is 0.161 e. The lowest BCUT2D eigenvalue weighted by atomic mass is 10.1. The van der Waals surface area contributed by atoms with Crippen LogP contribution in [-0.2, 0) is 6.42 Å². The molecule has 2 rings (SSSR count). The number of hydrogen-bond donors (Lipinski definition) is 2. The predicted molar refractivity (Wildman–Crippen MR) is 81.5 cm³/mol. The van der Waals surface area contributed by atoms with Crippen LogP contribution in [0.5, 0.6) is 11.5 Å². The molecule has 1 aliphatic heterocycles. The van der Waals surface area contributed by atoms with E-state index in [-0.39, 0.29) is 5.75 Å². The SMILES string of the molecule is CCOc1cc(CCCCN2CCNCC2)ccc1O. The molecule has 0 saturated carbocycles. The molecule has 2 N–H and O–H groups in total. The third-order valence-corrected chi connectivity index (χ3v) is 3.72. The Hall–Kier alpha value is -1.26. The Kier molecular flexibility index (Phi) is 6.15. The van der Waals surface area contributed by atoms with Crippen molar-refractivity contribution in [1.29, 1.82) is 0 Å². The molecule has 1 aliphatic rings. The number of nitrogens with one attached hydrogen (secondary N) is 1. The first-order valence-corrected chi connectivity index (χ1v) is 7.67. The molecule has 1 saturated heterocycles. The van der Waals surface area contributed by atoms with Crippen molar-refractivity contribution in [3.05, 3.63) is 23.8 Å². The monoisotopic (exact) mass is 278 g/mol. The summed E-state index contributed by atoms with van der Waals surface area (Å²) in [7, 11) is 0. The summed E-state index contributed by atoms with van der Waals surface area (Å²) in [6.45, 7) is 8.30. The van der Waals surface area contributed by atoms with Gasteiger partial charge in [0.15, 0.2) is 11.5 Å². The first kappa shape index (κ1) is 15.1. The van der Waals surface area contributed by atoms with E-state index in [1.54, 1.807) is 6.07 Å². The fourth-order valence-electron chi connectivity index (χ4n) is 2.58. The minimum atomic E-state index is 0.233. The molecule has 1 heterocycles. The van der Waals surface area contributed by atoms with Crippen LogP contribution in [0.15, 0.2) is 18.2 Å². The number of rotatable bonds is 7. The van der Waals surface area contributed by atoms with Gasteiger partial charge in [-0.05, 0) is 50.4 Å². The zero-order valence-corrected chi connectivity index (χ0v) is 12.4. The summed E-state index contributed by atoms with van der Waals surface area (Å²) in [6, 6.07) is 5.68. The molecule has 1 fully saturated rings. The Balaban J connectivity index is 1.71. The lowest BCUT2D eigenvalue weighted by molar-refractivity contribution is 0.237. The Morgan fingerprint density at radius 2 is 2.05 bits per heavy atom. The van der Waals surface area contributed by atoms with Crippen LogP contribution in [0.25, 0.3) is 0 Å². The van der Waals surface area contributed by atoms with Crippen molar-refractivity contribution in [3.8, 4) is 11.5 Å². The second-order valence-electron chi connectivity index (χ2n) is 5.28. The van der Waals surface area contributed by atoms with E-state index in [2.05, 4.69) is 10.2 Å². The summed E-state index contributed by atoms with van der Waals surface area (Å²) >= 11 is 0. The van der Waals surface area contributed by atoms with Gasteiger partial charge >= 0.3 is 0 Å². The molecule has 4 nitrogen and oxygen atoms in total. The predicted octanol–water partition coefficient (Wildman–Crippen LogP) is 2.02. The molecule has 0 spiro atoms. The lowest BCUT2D eigenvalue weighted by Gasteiger charge is -2.27. The second kappa shape index (κ2) is 8.12. The van der Waals surface area contributed by atoms with E-state index < -0.39 is 0 Å². The van der Waals surface area contributed by atoms with E-state index in [0.717, 1.165) is 19.5 Å². The summed E-state index contributed by atoms with van der Waals surface area (Å²) in [5.74, 6) is 0.837. The zero-order valence-electron chi connectivity index (χ0n) is 12.4. The molecule has 0 radical (unpaired) electrons. The topological polar surface area (TPSA) is 44.7 Å².